The van der Waals surface area contributed by atoms with Gasteiger partial charge in [-0.25, -0.2) is 4.98 Å². The van der Waals surface area contributed by atoms with Crippen molar-refractivity contribution < 1.29 is 4.79 Å². The fourth-order valence-electron chi connectivity index (χ4n) is 1.63. The molecule has 0 spiro atoms. The Kier molecular flexibility index (Phi) is 4.20. The molecular weight excluding hydrogens is 264 g/mol. The van der Waals surface area contributed by atoms with Crippen LogP contribution in [-0.2, 0) is 6.54 Å². The van der Waals surface area contributed by atoms with Gasteiger partial charge < -0.3 is 5.32 Å². The number of nitrogens with zero attached hydrogens (tertiary/aromatic N) is 5. The molecule has 19 heavy (non-hydrogen) atoms. The van der Waals surface area contributed by atoms with E-state index in [0.717, 1.165) is 11.5 Å². The number of hydrogen-bond acceptors (Lipinski definition) is 6. The van der Waals surface area contributed by atoms with Crippen molar-refractivity contribution in [2.75, 3.05) is 0 Å². The highest BCUT2D eigenvalue weighted by Gasteiger charge is 2.20. The molecule has 0 saturated heterocycles. The van der Waals surface area contributed by atoms with Crippen LogP contribution in [0, 0.1) is 12.8 Å². The van der Waals surface area contributed by atoms with Gasteiger partial charge in [-0.05, 0) is 24.4 Å². The molecule has 0 fully saturated rings. The molecule has 2 heterocycles. The highest BCUT2D eigenvalue weighted by molar-refractivity contribution is 7.08. The average molecular weight is 280 g/mol. The molecule has 1 N–H and O–H groups in total. The summed E-state index contributed by atoms with van der Waals surface area (Å²) in [5.74, 6) is 0.153. The first kappa shape index (κ1) is 13.6. The van der Waals surface area contributed by atoms with Gasteiger partial charge in [0.15, 0.2) is 0 Å². The lowest BCUT2D eigenvalue weighted by Gasteiger charge is -2.21. The second-order valence-corrected chi connectivity index (χ2v) is 5.38. The van der Waals surface area contributed by atoms with Crippen molar-refractivity contribution in [2.45, 2.75) is 33.4 Å². The molecule has 102 valence electrons. The van der Waals surface area contributed by atoms with Crippen molar-refractivity contribution in [1.29, 1.82) is 0 Å². The third-order valence-electron chi connectivity index (χ3n) is 2.83. The molecule has 0 saturated carbocycles. The van der Waals surface area contributed by atoms with Gasteiger partial charge in [0.1, 0.15) is 17.5 Å². The fraction of sp³-hybridized carbons (Fsp3) is 0.545. The maximum atomic E-state index is 12.1. The monoisotopic (exact) mass is 280 g/mol. The maximum Gasteiger partial charge on any atom is 0.265 e. The summed E-state index contributed by atoms with van der Waals surface area (Å²) in [5, 5.41) is 10.9. The van der Waals surface area contributed by atoms with Gasteiger partial charge in [-0.1, -0.05) is 18.3 Å². The summed E-state index contributed by atoms with van der Waals surface area (Å²) in [6.45, 7) is 6.48. The first-order valence-corrected chi connectivity index (χ1v) is 6.77. The van der Waals surface area contributed by atoms with Crippen molar-refractivity contribution in [2.24, 2.45) is 5.92 Å². The molecule has 0 aliphatic carbocycles. The third kappa shape index (κ3) is 3.34. The van der Waals surface area contributed by atoms with Crippen molar-refractivity contribution >= 4 is 17.4 Å². The molecular formula is C11H16N6OS. The first-order valence-electron chi connectivity index (χ1n) is 6.00. The van der Waals surface area contributed by atoms with E-state index < -0.39 is 0 Å². The Morgan fingerprint density at radius 3 is 2.84 bits per heavy atom. The standard InChI is InChI=1S/C11H16N6OS/c1-7(2)9(4-17-6-12-5-13-17)14-11(18)10-8(3)15-16-19-10/h5-7,9H,4H2,1-3H3,(H,14,18)/t9-/m0/s1. The van der Waals surface area contributed by atoms with E-state index in [-0.39, 0.29) is 17.9 Å². The van der Waals surface area contributed by atoms with Gasteiger partial charge in [0, 0.05) is 0 Å². The largest absolute Gasteiger partial charge is 0.346 e. The van der Waals surface area contributed by atoms with E-state index in [0.29, 0.717) is 17.1 Å². The minimum Gasteiger partial charge on any atom is -0.346 e. The second kappa shape index (κ2) is 5.87. The number of aryl methyl sites for hydroxylation is 1. The van der Waals surface area contributed by atoms with E-state index in [1.165, 1.54) is 6.33 Å². The smallest absolute Gasteiger partial charge is 0.265 e. The van der Waals surface area contributed by atoms with Crippen LogP contribution in [0.1, 0.15) is 29.2 Å². The zero-order valence-electron chi connectivity index (χ0n) is 11.1. The van der Waals surface area contributed by atoms with E-state index in [1.807, 2.05) is 0 Å². The molecule has 0 aliphatic rings. The molecule has 1 amide bonds. The molecule has 7 nitrogen and oxygen atoms in total. The lowest BCUT2D eigenvalue weighted by atomic mass is 10.0. The van der Waals surface area contributed by atoms with Crippen LogP contribution in [0.15, 0.2) is 12.7 Å². The number of carbonyl (C=O) groups excluding carboxylic acids is 1. The van der Waals surface area contributed by atoms with Crippen molar-refractivity contribution in [1.82, 2.24) is 29.7 Å². The van der Waals surface area contributed by atoms with Crippen molar-refractivity contribution in [3.8, 4) is 0 Å². The Hall–Kier alpha value is -1.83. The Morgan fingerprint density at radius 1 is 1.53 bits per heavy atom. The zero-order chi connectivity index (χ0) is 13.8. The predicted molar refractivity (Wildman–Crippen MR) is 70.8 cm³/mol. The normalized spacial score (nSPS) is 12.6. The molecule has 2 rings (SSSR count). The Balaban J connectivity index is 2.05. The summed E-state index contributed by atoms with van der Waals surface area (Å²) in [4.78, 5) is 16.6. The summed E-state index contributed by atoms with van der Waals surface area (Å²) < 4.78 is 5.48. The van der Waals surface area contributed by atoms with Crippen molar-refractivity contribution in [3.63, 3.8) is 0 Å². The number of rotatable bonds is 5. The molecule has 0 aromatic carbocycles. The van der Waals surface area contributed by atoms with E-state index in [4.69, 9.17) is 0 Å². The third-order valence-corrected chi connectivity index (χ3v) is 3.66. The minimum atomic E-state index is -0.133. The number of carbonyl (C=O) groups is 1. The van der Waals surface area contributed by atoms with Gasteiger partial charge in [0.05, 0.1) is 18.3 Å². The van der Waals surface area contributed by atoms with E-state index in [9.17, 15) is 4.79 Å². The van der Waals surface area contributed by atoms with E-state index >= 15 is 0 Å². The van der Waals surface area contributed by atoms with Crippen LogP contribution < -0.4 is 5.32 Å². The molecule has 8 heteroatoms. The van der Waals surface area contributed by atoms with Gasteiger partial charge in [-0.15, -0.1) is 5.10 Å². The maximum absolute atomic E-state index is 12.1. The van der Waals surface area contributed by atoms with Crippen LogP contribution in [0.4, 0.5) is 0 Å². The molecule has 2 aromatic heterocycles. The Bertz CT molecular complexity index is 535. The van der Waals surface area contributed by atoms with Crippen molar-refractivity contribution in [3.05, 3.63) is 23.2 Å². The molecule has 0 aliphatic heterocycles. The highest BCUT2D eigenvalue weighted by Crippen LogP contribution is 2.11. The molecule has 0 unspecified atom stereocenters. The highest BCUT2D eigenvalue weighted by atomic mass is 32.1. The lowest BCUT2D eigenvalue weighted by molar-refractivity contribution is 0.0922. The van der Waals surface area contributed by atoms with Gasteiger partial charge in [-0.2, -0.15) is 5.10 Å². The SMILES string of the molecule is Cc1nnsc1C(=O)N[C@@H](Cn1cncn1)C(C)C. The molecule has 2 aromatic rings. The van der Waals surface area contributed by atoms with Crippen LogP contribution in [0.2, 0.25) is 0 Å². The number of amides is 1. The lowest BCUT2D eigenvalue weighted by Crippen LogP contribution is -2.41. The number of aromatic nitrogens is 5. The van der Waals surface area contributed by atoms with Crippen LogP contribution in [0.5, 0.6) is 0 Å². The first-order chi connectivity index (χ1) is 9.08. The Morgan fingerprint density at radius 2 is 2.32 bits per heavy atom. The van der Waals surface area contributed by atoms with E-state index in [2.05, 4.69) is 38.8 Å². The van der Waals surface area contributed by atoms with Crippen LogP contribution >= 0.6 is 11.5 Å². The van der Waals surface area contributed by atoms with Gasteiger partial charge in [0.25, 0.3) is 5.91 Å². The summed E-state index contributed by atoms with van der Waals surface area (Å²) in [7, 11) is 0. The van der Waals surface area contributed by atoms with Gasteiger partial charge in [0.2, 0.25) is 0 Å². The molecule has 1 atom stereocenters. The molecule has 0 radical (unpaired) electrons. The second-order valence-electron chi connectivity index (χ2n) is 4.63. The fourth-order valence-corrected chi connectivity index (χ4v) is 2.19. The summed E-state index contributed by atoms with van der Waals surface area (Å²) >= 11 is 1.11. The topological polar surface area (TPSA) is 85.6 Å². The van der Waals surface area contributed by atoms with Gasteiger partial charge in [-0.3, -0.25) is 9.48 Å². The number of hydrogen-bond donors (Lipinski definition) is 1. The van der Waals surface area contributed by atoms with Crippen LogP contribution in [0.3, 0.4) is 0 Å². The van der Waals surface area contributed by atoms with E-state index in [1.54, 1.807) is 17.9 Å². The minimum absolute atomic E-state index is 0.0179. The Labute approximate surface area is 115 Å². The zero-order valence-corrected chi connectivity index (χ0v) is 11.9. The average Bonchev–Trinajstić information content (AvgIpc) is 2.99. The summed E-state index contributed by atoms with van der Waals surface area (Å²) in [6.07, 6.45) is 3.12. The van der Waals surface area contributed by atoms with Gasteiger partial charge >= 0.3 is 0 Å². The van der Waals surface area contributed by atoms with Crippen LogP contribution in [0.25, 0.3) is 0 Å². The number of nitrogens with one attached hydrogen (secondary N) is 1. The summed E-state index contributed by atoms with van der Waals surface area (Å²) in [6, 6.07) is -0.0179. The summed E-state index contributed by atoms with van der Waals surface area (Å²) in [5.41, 5.74) is 0.658. The van der Waals surface area contributed by atoms with Crippen LogP contribution in [-0.4, -0.2) is 36.3 Å². The quantitative estimate of drug-likeness (QED) is 0.879. The molecule has 0 bridgehead atoms. The predicted octanol–water partition coefficient (Wildman–Crippen LogP) is 0.893.